The van der Waals surface area contributed by atoms with Crippen molar-refractivity contribution in [1.82, 2.24) is 4.90 Å². The van der Waals surface area contributed by atoms with Crippen molar-refractivity contribution in [3.63, 3.8) is 0 Å². The Morgan fingerprint density at radius 2 is 1.83 bits per heavy atom. The van der Waals surface area contributed by atoms with E-state index in [9.17, 15) is 14.7 Å². The molecule has 118 valence electrons. The highest BCUT2D eigenvalue weighted by molar-refractivity contribution is 8.00. The van der Waals surface area contributed by atoms with E-state index in [-0.39, 0.29) is 16.8 Å². The second-order valence-corrected chi connectivity index (χ2v) is 6.46. The van der Waals surface area contributed by atoms with Crippen molar-refractivity contribution in [1.29, 1.82) is 0 Å². The van der Waals surface area contributed by atoms with Gasteiger partial charge in [0, 0.05) is 6.54 Å². The third kappa shape index (κ3) is 3.56. The third-order valence-corrected chi connectivity index (χ3v) is 5.14. The molecule has 1 fully saturated rings. The number of carboxylic acid groups (broad SMARTS) is 1. The number of hydrogen-bond donors (Lipinski definition) is 0. The van der Waals surface area contributed by atoms with Gasteiger partial charge in [-0.3, -0.25) is 4.79 Å². The molecule has 1 aliphatic heterocycles. The number of rotatable bonds is 5. The summed E-state index contributed by atoms with van der Waals surface area (Å²) in [5.74, 6) is -0.602. The van der Waals surface area contributed by atoms with Crippen LogP contribution < -0.4 is 5.11 Å². The zero-order chi connectivity index (χ0) is 16.2. The molecule has 3 rings (SSSR count). The molecule has 2 aromatic rings. The number of carbonyl (C=O) groups is 2. The molecule has 23 heavy (non-hydrogen) atoms. The molecule has 0 saturated carbocycles. The summed E-state index contributed by atoms with van der Waals surface area (Å²) in [5, 5.41) is 10.8. The van der Waals surface area contributed by atoms with Gasteiger partial charge in [0.25, 0.3) is 0 Å². The van der Waals surface area contributed by atoms with Crippen molar-refractivity contribution in [2.24, 2.45) is 0 Å². The summed E-state index contributed by atoms with van der Waals surface area (Å²) in [6.45, 7) is 0.656. The first-order valence-electron chi connectivity index (χ1n) is 7.41. The Morgan fingerprint density at radius 1 is 1.13 bits per heavy atom. The summed E-state index contributed by atoms with van der Waals surface area (Å²) >= 11 is 1.57. The Labute approximate surface area is 139 Å². The van der Waals surface area contributed by atoms with E-state index in [1.807, 2.05) is 23.1 Å². The second kappa shape index (κ2) is 6.87. The Morgan fingerprint density at radius 3 is 2.48 bits per heavy atom. The second-order valence-electron chi connectivity index (χ2n) is 5.40. The lowest BCUT2D eigenvalue weighted by Gasteiger charge is -2.24. The molecule has 0 radical (unpaired) electrons. The molecule has 2 aromatic carbocycles. The fourth-order valence-corrected chi connectivity index (χ4v) is 3.87. The van der Waals surface area contributed by atoms with E-state index in [2.05, 4.69) is 12.1 Å². The summed E-state index contributed by atoms with van der Waals surface area (Å²) in [5.41, 5.74) is 2.29. The van der Waals surface area contributed by atoms with Gasteiger partial charge in [-0.2, -0.15) is 0 Å². The first-order valence-corrected chi connectivity index (χ1v) is 8.46. The smallest absolute Gasteiger partial charge is 0.233 e. The number of hydrogen-bond acceptors (Lipinski definition) is 4. The van der Waals surface area contributed by atoms with Crippen molar-refractivity contribution in [3.8, 4) is 0 Å². The van der Waals surface area contributed by atoms with Crippen molar-refractivity contribution in [3.05, 3.63) is 71.3 Å². The van der Waals surface area contributed by atoms with E-state index in [1.54, 1.807) is 23.9 Å². The van der Waals surface area contributed by atoms with Gasteiger partial charge in [0.05, 0.1) is 11.7 Å². The molecule has 0 N–H and O–H groups in total. The molecule has 1 saturated heterocycles. The quantitative estimate of drug-likeness (QED) is 0.841. The molecule has 1 atom stereocenters. The van der Waals surface area contributed by atoms with Gasteiger partial charge in [-0.05, 0) is 23.1 Å². The van der Waals surface area contributed by atoms with E-state index in [1.165, 1.54) is 17.7 Å². The minimum atomic E-state index is -1.19. The van der Waals surface area contributed by atoms with Crippen molar-refractivity contribution >= 4 is 23.6 Å². The Hall–Kier alpha value is -2.27. The Balaban J connectivity index is 1.72. The predicted molar refractivity (Wildman–Crippen MR) is 87.8 cm³/mol. The SMILES string of the molecule is O=C([O-])c1ccc(C2SCC(=O)N2CCc2ccccc2)cc1. The number of amides is 1. The van der Waals surface area contributed by atoms with Crippen LogP contribution in [0.1, 0.15) is 26.9 Å². The van der Waals surface area contributed by atoms with Crippen LogP contribution in [0, 0.1) is 0 Å². The van der Waals surface area contributed by atoms with Crippen LogP contribution in [0.2, 0.25) is 0 Å². The van der Waals surface area contributed by atoms with Crippen LogP contribution in [-0.4, -0.2) is 29.1 Å². The van der Waals surface area contributed by atoms with Gasteiger partial charge < -0.3 is 14.8 Å². The van der Waals surface area contributed by atoms with Gasteiger partial charge in [-0.1, -0.05) is 54.6 Å². The molecule has 1 heterocycles. The maximum atomic E-state index is 12.2. The summed E-state index contributed by atoms with van der Waals surface area (Å²) in [6, 6.07) is 16.6. The lowest BCUT2D eigenvalue weighted by Crippen LogP contribution is -2.30. The fraction of sp³-hybridized carbons (Fsp3) is 0.222. The zero-order valence-electron chi connectivity index (χ0n) is 12.5. The summed E-state index contributed by atoms with van der Waals surface area (Å²) in [4.78, 5) is 24.9. The molecule has 1 aliphatic rings. The number of carbonyl (C=O) groups excluding carboxylic acids is 2. The number of thioether (sulfide) groups is 1. The number of aromatic carboxylic acids is 1. The maximum absolute atomic E-state index is 12.2. The molecule has 5 heteroatoms. The number of benzene rings is 2. The third-order valence-electron chi connectivity index (χ3n) is 3.88. The van der Waals surface area contributed by atoms with Crippen molar-refractivity contribution in [2.45, 2.75) is 11.8 Å². The Kier molecular flexibility index (Phi) is 4.67. The molecule has 1 unspecified atom stereocenters. The van der Waals surface area contributed by atoms with E-state index >= 15 is 0 Å². The highest BCUT2D eigenvalue weighted by Gasteiger charge is 2.32. The molecule has 0 aliphatic carbocycles. The van der Waals surface area contributed by atoms with Gasteiger partial charge >= 0.3 is 0 Å². The highest BCUT2D eigenvalue weighted by Crippen LogP contribution is 2.38. The Bertz CT molecular complexity index is 700. The van der Waals surface area contributed by atoms with E-state index in [0.29, 0.717) is 12.3 Å². The maximum Gasteiger partial charge on any atom is 0.233 e. The van der Waals surface area contributed by atoms with E-state index in [4.69, 9.17) is 0 Å². The zero-order valence-corrected chi connectivity index (χ0v) is 13.3. The van der Waals surface area contributed by atoms with Crippen LogP contribution in [0.3, 0.4) is 0 Å². The van der Waals surface area contributed by atoms with E-state index < -0.39 is 5.97 Å². The largest absolute Gasteiger partial charge is 0.545 e. The van der Waals surface area contributed by atoms with Crippen molar-refractivity contribution < 1.29 is 14.7 Å². The lowest BCUT2D eigenvalue weighted by atomic mass is 10.1. The minimum Gasteiger partial charge on any atom is -0.545 e. The lowest BCUT2D eigenvalue weighted by molar-refractivity contribution is -0.255. The van der Waals surface area contributed by atoms with Gasteiger partial charge in [0.2, 0.25) is 5.91 Å². The molecule has 0 bridgehead atoms. The van der Waals surface area contributed by atoms with Crippen LogP contribution in [0.5, 0.6) is 0 Å². The van der Waals surface area contributed by atoms with Gasteiger partial charge in [-0.15, -0.1) is 11.8 Å². The molecular formula is C18H16NO3S-. The molecular weight excluding hydrogens is 310 g/mol. The van der Waals surface area contributed by atoms with E-state index in [0.717, 1.165) is 12.0 Å². The van der Waals surface area contributed by atoms with Crippen molar-refractivity contribution in [2.75, 3.05) is 12.3 Å². The topological polar surface area (TPSA) is 60.4 Å². The molecule has 0 aromatic heterocycles. The molecule has 1 amide bonds. The average molecular weight is 326 g/mol. The van der Waals surface area contributed by atoms with Crippen LogP contribution in [0.15, 0.2) is 54.6 Å². The fourth-order valence-electron chi connectivity index (χ4n) is 2.65. The molecule has 0 spiro atoms. The summed E-state index contributed by atoms with van der Waals surface area (Å²) in [7, 11) is 0. The average Bonchev–Trinajstić information content (AvgIpc) is 2.95. The number of nitrogens with zero attached hydrogens (tertiary/aromatic N) is 1. The van der Waals surface area contributed by atoms with Crippen LogP contribution in [0.4, 0.5) is 0 Å². The first kappa shape index (κ1) is 15.6. The van der Waals surface area contributed by atoms with Gasteiger partial charge in [0.15, 0.2) is 0 Å². The first-order chi connectivity index (χ1) is 11.1. The normalized spacial score (nSPS) is 17.5. The van der Waals surface area contributed by atoms with Crippen LogP contribution in [0.25, 0.3) is 0 Å². The summed E-state index contributed by atoms with van der Waals surface area (Å²) < 4.78 is 0. The number of carboxylic acids is 1. The minimum absolute atomic E-state index is 0.0537. The molecule has 4 nitrogen and oxygen atoms in total. The van der Waals surface area contributed by atoms with Gasteiger partial charge in [-0.25, -0.2) is 0 Å². The predicted octanol–water partition coefficient (Wildman–Crippen LogP) is 1.87. The highest BCUT2D eigenvalue weighted by atomic mass is 32.2. The van der Waals surface area contributed by atoms with Crippen LogP contribution >= 0.6 is 11.8 Å². The standard InChI is InChI=1S/C18H17NO3S/c20-16-12-23-17(14-6-8-15(9-7-14)18(21)22)19(16)11-10-13-4-2-1-3-5-13/h1-9,17H,10-12H2,(H,21,22)/p-1. The monoisotopic (exact) mass is 326 g/mol. The van der Waals surface area contributed by atoms with Gasteiger partial charge in [0.1, 0.15) is 5.37 Å². The van der Waals surface area contributed by atoms with Crippen LogP contribution in [-0.2, 0) is 11.2 Å². The summed E-state index contributed by atoms with van der Waals surface area (Å²) in [6.07, 6.45) is 0.806.